The summed E-state index contributed by atoms with van der Waals surface area (Å²) in [6.45, 7) is 5.04. The molecule has 0 fully saturated rings. The molecule has 7 heteroatoms. The number of carbonyl (C=O) groups excluding carboxylic acids is 1. The van der Waals surface area contributed by atoms with E-state index in [0.717, 1.165) is 36.8 Å². The van der Waals surface area contributed by atoms with Crippen LogP contribution in [0.4, 0.5) is 0 Å². The van der Waals surface area contributed by atoms with E-state index in [0.29, 0.717) is 36.2 Å². The number of aromatic nitrogens is 3. The van der Waals surface area contributed by atoms with E-state index in [4.69, 9.17) is 10.4 Å². The summed E-state index contributed by atoms with van der Waals surface area (Å²) in [5.41, 5.74) is 3.00. The maximum absolute atomic E-state index is 13.4. The second kappa shape index (κ2) is 10.5. The van der Waals surface area contributed by atoms with E-state index in [1.807, 2.05) is 49.4 Å². The zero-order valence-corrected chi connectivity index (χ0v) is 19.8. The third-order valence-electron chi connectivity index (χ3n) is 6.16. The Hall–Kier alpha value is -3.74. The van der Waals surface area contributed by atoms with Crippen LogP contribution in [0.1, 0.15) is 54.1 Å². The van der Waals surface area contributed by atoms with E-state index in [-0.39, 0.29) is 22.5 Å². The maximum Gasteiger partial charge on any atom is 0.267 e. The standard InChI is InChI=1S/C27H31N5O2/c1-3-4-5-9-15-29-26(33)21-18-22-25(30-24-19(2)11-10-16-32(24)27(22)34)31(23(21)28)17-14-20-12-7-6-8-13-20/h6-8,10-13,16,18,28H,3-5,9,14-15,17H2,1-2H3,(H,29,33). The van der Waals surface area contributed by atoms with Crippen molar-refractivity contribution >= 4 is 22.6 Å². The van der Waals surface area contributed by atoms with Gasteiger partial charge in [-0.2, -0.15) is 0 Å². The summed E-state index contributed by atoms with van der Waals surface area (Å²) in [6, 6.07) is 15.2. The van der Waals surface area contributed by atoms with Gasteiger partial charge in [-0.3, -0.25) is 19.4 Å². The zero-order chi connectivity index (χ0) is 24.1. The van der Waals surface area contributed by atoms with Crippen LogP contribution in [0.25, 0.3) is 16.7 Å². The molecule has 176 valence electrons. The minimum Gasteiger partial charge on any atom is -0.352 e. The van der Waals surface area contributed by atoms with Crippen molar-refractivity contribution in [3.63, 3.8) is 0 Å². The van der Waals surface area contributed by atoms with Crippen LogP contribution in [0.2, 0.25) is 0 Å². The number of carbonyl (C=O) groups is 1. The van der Waals surface area contributed by atoms with Gasteiger partial charge in [-0.25, -0.2) is 4.98 Å². The Labute approximate surface area is 198 Å². The zero-order valence-electron chi connectivity index (χ0n) is 19.8. The number of aryl methyl sites for hydroxylation is 3. The van der Waals surface area contributed by atoms with Crippen LogP contribution in [0.3, 0.4) is 0 Å². The molecular formula is C27H31N5O2. The van der Waals surface area contributed by atoms with Crippen molar-refractivity contribution in [3.05, 3.63) is 87.3 Å². The van der Waals surface area contributed by atoms with E-state index in [9.17, 15) is 9.59 Å². The molecule has 0 radical (unpaired) electrons. The van der Waals surface area contributed by atoms with Crippen molar-refractivity contribution in [2.24, 2.45) is 0 Å². The van der Waals surface area contributed by atoms with E-state index in [2.05, 4.69) is 12.2 Å². The molecule has 7 nitrogen and oxygen atoms in total. The lowest BCUT2D eigenvalue weighted by atomic mass is 10.1. The average molecular weight is 458 g/mol. The van der Waals surface area contributed by atoms with Gasteiger partial charge < -0.3 is 9.88 Å². The van der Waals surface area contributed by atoms with Crippen LogP contribution < -0.4 is 16.4 Å². The quantitative estimate of drug-likeness (QED) is 0.294. The topological polar surface area (TPSA) is 92.2 Å². The first-order chi connectivity index (χ1) is 16.5. The molecule has 2 N–H and O–H groups in total. The van der Waals surface area contributed by atoms with Crippen molar-refractivity contribution in [1.29, 1.82) is 5.41 Å². The lowest BCUT2D eigenvalue weighted by molar-refractivity contribution is 0.0950. The highest BCUT2D eigenvalue weighted by atomic mass is 16.1. The summed E-state index contributed by atoms with van der Waals surface area (Å²) >= 11 is 0. The molecule has 0 atom stereocenters. The van der Waals surface area contributed by atoms with Gasteiger partial charge in [0.15, 0.2) is 0 Å². The Balaban J connectivity index is 1.81. The van der Waals surface area contributed by atoms with Gasteiger partial charge in [0.05, 0.1) is 10.9 Å². The smallest absolute Gasteiger partial charge is 0.267 e. The van der Waals surface area contributed by atoms with Gasteiger partial charge in [-0.15, -0.1) is 0 Å². The summed E-state index contributed by atoms with van der Waals surface area (Å²) in [7, 11) is 0. The first-order valence-corrected chi connectivity index (χ1v) is 11.9. The van der Waals surface area contributed by atoms with Gasteiger partial charge in [-0.1, -0.05) is 62.6 Å². The van der Waals surface area contributed by atoms with E-state index in [1.165, 1.54) is 10.5 Å². The fourth-order valence-corrected chi connectivity index (χ4v) is 4.22. The molecule has 0 spiro atoms. The third-order valence-corrected chi connectivity index (χ3v) is 6.16. The Bertz CT molecular complexity index is 1440. The monoisotopic (exact) mass is 457 g/mol. The van der Waals surface area contributed by atoms with Crippen LogP contribution in [-0.2, 0) is 13.0 Å². The number of rotatable bonds is 9. The fraction of sp³-hybridized carbons (Fsp3) is 0.333. The molecule has 3 heterocycles. The number of nitrogens with zero attached hydrogens (tertiary/aromatic N) is 3. The number of fused-ring (bicyclic) bond motifs is 2. The number of hydrogen-bond donors (Lipinski definition) is 2. The maximum atomic E-state index is 13.4. The van der Waals surface area contributed by atoms with E-state index < -0.39 is 0 Å². The predicted molar refractivity (Wildman–Crippen MR) is 134 cm³/mol. The molecule has 0 saturated carbocycles. The van der Waals surface area contributed by atoms with Crippen LogP contribution in [0.15, 0.2) is 59.5 Å². The average Bonchev–Trinajstić information content (AvgIpc) is 2.84. The molecule has 0 aliphatic carbocycles. The summed E-state index contributed by atoms with van der Waals surface area (Å²) in [4.78, 5) is 31.2. The largest absolute Gasteiger partial charge is 0.352 e. The summed E-state index contributed by atoms with van der Waals surface area (Å²) in [6.07, 6.45) is 6.54. The van der Waals surface area contributed by atoms with Crippen LogP contribution in [0.5, 0.6) is 0 Å². The van der Waals surface area contributed by atoms with Crippen molar-refractivity contribution in [3.8, 4) is 0 Å². The number of hydrogen-bond acceptors (Lipinski definition) is 4. The number of unbranched alkanes of at least 4 members (excludes halogenated alkanes) is 3. The van der Waals surface area contributed by atoms with Gasteiger partial charge >= 0.3 is 0 Å². The molecule has 34 heavy (non-hydrogen) atoms. The molecule has 0 bridgehead atoms. The lowest BCUT2D eigenvalue weighted by Crippen LogP contribution is -2.35. The third kappa shape index (κ3) is 4.78. The van der Waals surface area contributed by atoms with Crippen molar-refractivity contribution in [2.75, 3.05) is 6.54 Å². The molecule has 4 aromatic rings. The van der Waals surface area contributed by atoms with Gasteiger partial charge in [-0.05, 0) is 43.0 Å². The molecule has 0 unspecified atom stereocenters. The summed E-state index contributed by atoms with van der Waals surface area (Å²) in [5.74, 6) is -0.328. The van der Waals surface area contributed by atoms with Gasteiger partial charge in [0.2, 0.25) is 0 Å². The van der Waals surface area contributed by atoms with Gasteiger partial charge in [0, 0.05) is 19.3 Å². The molecule has 4 rings (SSSR count). The van der Waals surface area contributed by atoms with Crippen LogP contribution >= 0.6 is 0 Å². The van der Waals surface area contributed by atoms with Gasteiger partial charge in [0.1, 0.15) is 16.8 Å². The van der Waals surface area contributed by atoms with Crippen LogP contribution in [-0.4, -0.2) is 26.4 Å². The first kappa shape index (κ1) is 23.4. The minimum absolute atomic E-state index is 0.0688. The number of benzene rings is 1. The highest BCUT2D eigenvalue weighted by Gasteiger charge is 2.18. The molecule has 0 saturated heterocycles. The van der Waals surface area contributed by atoms with Crippen molar-refractivity contribution < 1.29 is 4.79 Å². The number of nitrogens with one attached hydrogen (secondary N) is 2. The Morgan fingerprint density at radius 3 is 2.62 bits per heavy atom. The SMILES string of the molecule is CCCCCCNC(=O)c1cc2c(=O)n3cccc(C)c3nc2n(CCc2ccccc2)c1=N. The Morgan fingerprint density at radius 2 is 1.85 bits per heavy atom. The minimum atomic E-state index is -0.328. The van der Waals surface area contributed by atoms with E-state index in [1.54, 1.807) is 10.8 Å². The van der Waals surface area contributed by atoms with Crippen molar-refractivity contribution in [1.82, 2.24) is 19.3 Å². The molecule has 1 aromatic carbocycles. The number of pyridine rings is 2. The highest BCUT2D eigenvalue weighted by Crippen LogP contribution is 2.14. The number of amides is 1. The molecule has 0 aliphatic rings. The van der Waals surface area contributed by atoms with Crippen molar-refractivity contribution in [2.45, 2.75) is 52.5 Å². The Kier molecular flexibility index (Phi) is 7.21. The highest BCUT2D eigenvalue weighted by molar-refractivity contribution is 5.96. The lowest BCUT2D eigenvalue weighted by Gasteiger charge is -2.15. The summed E-state index contributed by atoms with van der Waals surface area (Å²) in [5, 5.41) is 12.1. The summed E-state index contributed by atoms with van der Waals surface area (Å²) < 4.78 is 3.21. The predicted octanol–water partition coefficient (Wildman–Crippen LogP) is 3.99. The first-order valence-electron chi connectivity index (χ1n) is 11.9. The Morgan fingerprint density at radius 1 is 1.06 bits per heavy atom. The normalized spacial score (nSPS) is 11.2. The second-order valence-electron chi connectivity index (χ2n) is 8.65. The van der Waals surface area contributed by atoms with Crippen LogP contribution in [0, 0.1) is 12.3 Å². The molecule has 1 amide bonds. The molecule has 0 aliphatic heterocycles. The van der Waals surface area contributed by atoms with E-state index >= 15 is 0 Å². The second-order valence-corrected chi connectivity index (χ2v) is 8.65. The molecule has 3 aromatic heterocycles. The fourth-order valence-electron chi connectivity index (χ4n) is 4.22. The van der Waals surface area contributed by atoms with Gasteiger partial charge in [0.25, 0.3) is 11.5 Å². The molecular weight excluding hydrogens is 426 g/mol.